The van der Waals surface area contributed by atoms with Crippen LogP contribution in [0.4, 0.5) is 0 Å². The minimum atomic E-state index is -0.236. The summed E-state index contributed by atoms with van der Waals surface area (Å²) in [5, 5.41) is 9.18. The molecule has 0 aromatic rings. The van der Waals surface area contributed by atoms with Gasteiger partial charge in [-0.1, -0.05) is 26.0 Å². The average molecular weight is 199 g/mol. The van der Waals surface area contributed by atoms with E-state index in [9.17, 15) is 9.90 Å². The van der Waals surface area contributed by atoms with Crippen LogP contribution in [-0.2, 0) is 4.79 Å². The van der Waals surface area contributed by atoms with E-state index in [0.29, 0.717) is 6.42 Å². The Bertz CT molecular complexity index is 169. The molecule has 0 bridgehead atoms. The van der Waals surface area contributed by atoms with Crippen molar-refractivity contribution in [3.63, 3.8) is 0 Å². The second-order valence-electron chi connectivity index (χ2n) is 3.33. The quantitative estimate of drug-likeness (QED) is 0.549. The molecule has 82 valence electrons. The number of nitrogens with zero attached hydrogens (tertiary/aromatic N) is 1. The van der Waals surface area contributed by atoms with Crippen molar-refractivity contribution in [1.29, 1.82) is 0 Å². The van der Waals surface area contributed by atoms with E-state index in [1.165, 1.54) is 6.42 Å². The van der Waals surface area contributed by atoms with E-state index >= 15 is 0 Å². The van der Waals surface area contributed by atoms with Crippen LogP contribution in [-0.4, -0.2) is 42.0 Å². The minimum absolute atomic E-state index is 0.236. The molecule has 1 heterocycles. The lowest BCUT2D eigenvalue weighted by Gasteiger charge is -2.25. The summed E-state index contributed by atoms with van der Waals surface area (Å²) < 4.78 is 0. The molecule has 0 aliphatic carbocycles. The summed E-state index contributed by atoms with van der Waals surface area (Å²) >= 11 is 0. The Morgan fingerprint density at radius 1 is 1.57 bits per heavy atom. The average Bonchev–Trinajstić information content (AvgIpc) is 2.19. The Kier molecular flexibility index (Phi) is 8.48. The van der Waals surface area contributed by atoms with Crippen LogP contribution in [0, 0.1) is 0 Å². The first-order valence-corrected chi connectivity index (χ1v) is 5.25. The highest BCUT2D eigenvalue weighted by Crippen LogP contribution is 2.01. The summed E-state index contributed by atoms with van der Waals surface area (Å²) in [5.41, 5.74) is 0. The third-order valence-corrected chi connectivity index (χ3v) is 1.87. The molecule has 0 aromatic carbocycles. The SMILES string of the molecule is CCC=O.CCCN1CC=CC(O)C1. The Morgan fingerprint density at radius 2 is 2.21 bits per heavy atom. The fourth-order valence-corrected chi connectivity index (χ4v) is 1.27. The molecule has 3 heteroatoms. The van der Waals surface area contributed by atoms with E-state index in [4.69, 9.17) is 0 Å². The van der Waals surface area contributed by atoms with Crippen molar-refractivity contribution in [3.05, 3.63) is 12.2 Å². The van der Waals surface area contributed by atoms with Crippen molar-refractivity contribution in [1.82, 2.24) is 4.90 Å². The van der Waals surface area contributed by atoms with Crippen LogP contribution in [0.2, 0.25) is 0 Å². The molecule has 1 aliphatic rings. The van der Waals surface area contributed by atoms with Crippen LogP contribution in [0.25, 0.3) is 0 Å². The number of hydrogen-bond acceptors (Lipinski definition) is 3. The van der Waals surface area contributed by atoms with Crippen molar-refractivity contribution in [2.24, 2.45) is 0 Å². The first-order valence-electron chi connectivity index (χ1n) is 5.25. The monoisotopic (exact) mass is 199 g/mol. The lowest BCUT2D eigenvalue weighted by atomic mass is 10.2. The zero-order valence-electron chi connectivity index (χ0n) is 9.15. The lowest BCUT2D eigenvalue weighted by molar-refractivity contribution is -0.107. The largest absolute Gasteiger partial charge is 0.388 e. The zero-order valence-corrected chi connectivity index (χ0v) is 9.15. The molecule has 0 radical (unpaired) electrons. The van der Waals surface area contributed by atoms with Gasteiger partial charge in [-0.25, -0.2) is 0 Å². The maximum Gasteiger partial charge on any atom is 0.119 e. The highest BCUT2D eigenvalue weighted by atomic mass is 16.3. The maximum absolute atomic E-state index is 9.18. The van der Waals surface area contributed by atoms with E-state index in [1.807, 2.05) is 19.1 Å². The van der Waals surface area contributed by atoms with Crippen molar-refractivity contribution in [2.45, 2.75) is 32.8 Å². The van der Waals surface area contributed by atoms with Crippen molar-refractivity contribution < 1.29 is 9.90 Å². The molecule has 1 atom stereocenters. The van der Waals surface area contributed by atoms with E-state index in [2.05, 4.69) is 11.8 Å². The molecule has 0 saturated carbocycles. The molecule has 0 fully saturated rings. The highest BCUT2D eigenvalue weighted by molar-refractivity contribution is 5.48. The number of aliphatic hydroxyl groups excluding tert-OH is 1. The first kappa shape index (κ1) is 13.3. The Hall–Kier alpha value is -0.670. The maximum atomic E-state index is 9.18. The van der Waals surface area contributed by atoms with Crippen molar-refractivity contribution in [3.8, 4) is 0 Å². The van der Waals surface area contributed by atoms with Crippen LogP contribution in [0.3, 0.4) is 0 Å². The lowest BCUT2D eigenvalue weighted by Crippen LogP contribution is -2.35. The van der Waals surface area contributed by atoms with Crippen molar-refractivity contribution >= 4 is 6.29 Å². The van der Waals surface area contributed by atoms with Gasteiger partial charge in [0.15, 0.2) is 0 Å². The van der Waals surface area contributed by atoms with Crippen LogP contribution in [0.15, 0.2) is 12.2 Å². The Balaban J connectivity index is 0.000000364. The summed E-state index contributed by atoms with van der Waals surface area (Å²) in [4.78, 5) is 11.4. The van der Waals surface area contributed by atoms with Crippen LogP contribution in [0.1, 0.15) is 26.7 Å². The number of β-amino-alcohol motifs (C(OH)–C–C–N with tert-alkyl or cyclic N) is 1. The fraction of sp³-hybridized carbons (Fsp3) is 0.727. The number of carbonyl (C=O) groups excluding carboxylic acids is 1. The molecule has 1 aliphatic heterocycles. The molecule has 1 rings (SSSR count). The standard InChI is InChI=1S/C8H15NO.C3H6O/c1-2-5-9-6-3-4-8(10)7-9;1-2-3-4/h3-4,8,10H,2,5-7H2,1H3;3H,2H2,1H3. The fourth-order valence-electron chi connectivity index (χ4n) is 1.27. The van der Waals surface area contributed by atoms with Crippen LogP contribution in [0.5, 0.6) is 0 Å². The van der Waals surface area contributed by atoms with Crippen LogP contribution < -0.4 is 0 Å². The highest BCUT2D eigenvalue weighted by Gasteiger charge is 2.10. The second kappa shape index (κ2) is 8.91. The van der Waals surface area contributed by atoms with Gasteiger partial charge in [0, 0.05) is 19.5 Å². The summed E-state index contributed by atoms with van der Waals surface area (Å²) in [6, 6.07) is 0. The van der Waals surface area contributed by atoms with Gasteiger partial charge in [-0.05, 0) is 13.0 Å². The molecule has 1 N–H and O–H groups in total. The predicted molar refractivity (Wildman–Crippen MR) is 58.2 cm³/mol. The molecular formula is C11H21NO2. The molecule has 1 unspecified atom stereocenters. The van der Waals surface area contributed by atoms with Gasteiger partial charge in [-0.3, -0.25) is 4.90 Å². The Labute approximate surface area is 86.4 Å². The number of rotatable bonds is 3. The van der Waals surface area contributed by atoms with E-state index in [0.717, 1.165) is 25.9 Å². The number of carbonyl (C=O) groups is 1. The van der Waals surface area contributed by atoms with Gasteiger partial charge in [0.2, 0.25) is 0 Å². The summed E-state index contributed by atoms with van der Waals surface area (Å²) in [5.74, 6) is 0. The van der Waals surface area contributed by atoms with Gasteiger partial charge >= 0.3 is 0 Å². The normalized spacial score (nSPS) is 21.2. The first-order chi connectivity index (χ1) is 6.74. The van der Waals surface area contributed by atoms with Gasteiger partial charge in [0.05, 0.1) is 6.10 Å². The molecule has 0 spiro atoms. The predicted octanol–water partition coefficient (Wildman–Crippen LogP) is 1.22. The third kappa shape index (κ3) is 6.80. The number of hydrogen-bond donors (Lipinski definition) is 1. The molecule has 0 aromatic heterocycles. The number of aliphatic hydroxyl groups is 1. The van der Waals surface area contributed by atoms with E-state index in [-0.39, 0.29) is 6.10 Å². The zero-order chi connectivity index (χ0) is 10.8. The van der Waals surface area contributed by atoms with Gasteiger partial charge in [-0.15, -0.1) is 0 Å². The van der Waals surface area contributed by atoms with E-state index < -0.39 is 0 Å². The molecule has 0 saturated heterocycles. The second-order valence-corrected chi connectivity index (χ2v) is 3.33. The molecule has 0 amide bonds. The summed E-state index contributed by atoms with van der Waals surface area (Å²) in [7, 11) is 0. The topological polar surface area (TPSA) is 40.5 Å². The minimum Gasteiger partial charge on any atom is -0.388 e. The molecular weight excluding hydrogens is 178 g/mol. The van der Waals surface area contributed by atoms with Gasteiger partial charge in [0.25, 0.3) is 0 Å². The van der Waals surface area contributed by atoms with Crippen LogP contribution >= 0.6 is 0 Å². The molecule has 14 heavy (non-hydrogen) atoms. The smallest absolute Gasteiger partial charge is 0.119 e. The van der Waals surface area contributed by atoms with E-state index in [1.54, 1.807) is 0 Å². The molecule has 3 nitrogen and oxygen atoms in total. The van der Waals surface area contributed by atoms with Crippen molar-refractivity contribution in [2.75, 3.05) is 19.6 Å². The number of aldehydes is 1. The van der Waals surface area contributed by atoms with Gasteiger partial charge in [-0.2, -0.15) is 0 Å². The summed E-state index contributed by atoms with van der Waals surface area (Å²) in [6.07, 6.45) is 6.34. The summed E-state index contributed by atoms with van der Waals surface area (Å²) in [6.45, 7) is 6.88. The Morgan fingerprint density at radius 3 is 2.64 bits per heavy atom. The third-order valence-electron chi connectivity index (χ3n) is 1.87. The van der Waals surface area contributed by atoms with Gasteiger partial charge < -0.3 is 9.90 Å². The van der Waals surface area contributed by atoms with Gasteiger partial charge in [0.1, 0.15) is 6.29 Å².